The molecule has 2 aliphatic rings. The van der Waals surface area contributed by atoms with E-state index in [0.717, 1.165) is 62.8 Å². The number of amides is 3. The molecule has 3 amide bonds. The van der Waals surface area contributed by atoms with Crippen LogP contribution in [0.25, 0.3) is 44.3 Å². The fraction of sp³-hybridized carbons (Fsp3) is 0.200. The number of carboxylic acid groups (broad SMARTS) is 1. The number of aromatic nitrogens is 2. The number of aromatic amines is 2. The Hall–Kier alpha value is -9.12. The van der Waals surface area contributed by atoms with Gasteiger partial charge in [-0.15, -0.1) is 0 Å². The number of hydrogen-bond donors (Lipinski definition) is 5. The van der Waals surface area contributed by atoms with Gasteiger partial charge in [0.05, 0.1) is 33.7 Å². The summed E-state index contributed by atoms with van der Waals surface area (Å²) in [5, 5.41) is 35.5. The second-order valence-electron chi connectivity index (χ2n) is 17.3. The number of hydrogen-bond acceptors (Lipinski definition) is 9. The predicted octanol–water partition coefficient (Wildman–Crippen LogP) is 10.2. The lowest BCUT2D eigenvalue weighted by atomic mass is 10.1. The Bertz CT molecular complexity index is 3210. The summed E-state index contributed by atoms with van der Waals surface area (Å²) in [7, 11) is 0. The predicted molar refractivity (Wildman–Crippen MR) is 278 cm³/mol. The highest BCUT2D eigenvalue weighted by molar-refractivity contribution is 5.98. The average molecular weight is 971 g/mol. The lowest BCUT2D eigenvalue weighted by Gasteiger charge is -2.24. The first-order valence-electron chi connectivity index (χ1n) is 23.0. The van der Waals surface area contributed by atoms with Gasteiger partial charge in [0.15, 0.2) is 0 Å². The molecule has 2 atom stereocenters. The molecule has 8 aromatic rings. The number of carboxylic acids is 1. The zero-order valence-corrected chi connectivity index (χ0v) is 38.4. The summed E-state index contributed by atoms with van der Waals surface area (Å²) in [6.45, 7) is 1.14. The molecular weight excluding hydrogens is 917 g/mol. The largest absolute Gasteiger partial charge is 0.480 e. The molecule has 17 heteroatoms. The van der Waals surface area contributed by atoms with Gasteiger partial charge in [-0.05, 0) is 96.5 Å². The van der Waals surface area contributed by atoms with Crippen LogP contribution in [0.2, 0.25) is 0 Å². The van der Waals surface area contributed by atoms with Gasteiger partial charge < -0.3 is 35.9 Å². The molecule has 0 spiro atoms. The van der Waals surface area contributed by atoms with Crippen molar-refractivity contribution >= 4 is 68.2 Å². The number of fused-ring (bicyclic) bond motifs is 2. The van der Waals surface area contributed by atoms with Gasteiger partial charge in [-0.1, -0.05) is 92.4 Å². The van der Waals surface area contributed by atoms with E-state index in [1.54, 1.807) is 17.0 Å². The number of benzene rings is 6. The van der Waals surface area contributed by atoms with E-state index in [9.17, 15) is 39.4 Å². The summed E-state index contributed by atoms with van der Waals surface area (Å²) in [5.74, 6) is -1.22. The maximum atomic E-state index is 13.0. The van der Waals surface area contributed by atoms with Gasteiger partial charge >= 0.3 is 5.97 Å². The van der Waals surface area contributed by atoms with Crippen LogP contribution < -0.4 is 11.1 Å². The summed E-state index contributed by atoms with van der Waals surface area (Å²) < 4.78 is 0. The van der Waals surface area contributed by atoms with E-state index in [2.05, 4.69) is 15.3 Å². The number of nitrogens with one attached hydrogen (secondary N) is 3. The van der Waals surface area contributed by atoms with Crippen LogP contribution in [0.5, 0.6) is 0 Å². The number of aliphatic carboxylic acids is 1. The molecule has 6 N–H and O–H groups in total. The molecule has 368 valence electrons. The number of carbonyl (C=O) groups is 4. The minimum atomic E-state index is -0.899. The van der Waals surface area contributed by atoms with E-state index >= 15 is 0 Å². The molecule has 0 aliphatic carbocycles. The van der Waals surface area contributed by atoms with Crippen molar-refractivity contribution in [1.82, 2.24) is 19.8 Å². The first kappa shape index (κ1) is 50.7. The average Bonchev–Trinajstić information content (AvgIpc) is 4.22. The van der Waals surface area contributed by atoms with Crippen molar-refractivity contribution in [3.8, 4) is 22.5 Å². The SMILES string of the molecule is C.Nc1ccc(-c2cc3ccc([N+](=O)[O-])cc3[nH]2)cc1.O=C(Nc1ccc(-c2cc3ccc([N+](=O)[O-])cc3[nH]2)cc1)[C@@H]1CCCN1C(=O)Cc1ccccc1.O=C(O)[C@@H]1CCCN1C(=O)Cc1ccccc1. The topological polar surface area (TPSA) is 251 Å². The number of H-pyrrole nitrogens is 2. The maximum absolute atomic E-state index is 13.0. The quantitative estimate of drug-likeness (QED) is 0.0466. The number of nitrogens with zero attached hydrogens (tertiary/aromatic N) is 4. The Balaban J connectivity index is 0.000000173. The molecule has 17 nitrogen and oxygen atoms in total. The van der Waals surface area contributed by atoms with Crippen LogP contribution in [0.1, 0.15) is 44.2 Å². The third-order valence-corrected chi connectivity index (χ3v) is 12.4. The smallest absolute Gasteiger partial charge is 0.326 e. The number of nitro groups is 2. The number of anilines is 2. The number of rotatable bonds is 11. The number of nitrogen functional groups attached to an aromatic ring is 1. The molecule has 0 radical (unpaired) electrons. The van der Waals surface area contributed by atoms with E-state index in [-0.39, 0.29) is 49.4 Å². The number of carbonyl (C=O) groups excluding carboxylic acids is 3. The van der Waals surface area contributed by atoms with E-state index in [1.807, 2.05) is 121 Å². The molecule has 2 aromatic heterocycles. The Morgan fingerprint density at radius 1 is 0.597 bits per heavy atom. The van der Waals surface area contributed by atoms with Crippen molar-refractivity contribution < 1.29 is 34.1 Å². The summed E-state index contributed by atoms with van der Waals surface area (Å²) >= 11 is 0. The van der Waals surface area contributed by atoms with E-state index in [4.69, 9.17) is 10.8 Å². The molecular formula is C55H54N8O9. The minimum Gasteiger partial charge on any atom is -0.480 e. The minimum absolute atomic E-state index is 0. The lowest BCUT2D eigenvalue weighted by Crippen LogP contribution is -2.43. The Morgan fingerprint density at radius 2 is 1.03 bits per heavy atom. The standard InChI is InChI=1S/C27H24N4O4.C14H11N3O2.C13H15NO3.CH4/c32-26(15-18-5-2-1-3-6-18)30-14-4-7-25(30)27(33)28-21-11-8-19(9-12-21)23-16-20-10-13-22(31(34)35)17-24(20)29-23;15-11-4-1-9(2-5-11)13-7-10-3-6-12(17(18)19)8-14(10)16-13;15-12(9-10-5-2-1-3-6-10)14-8-4-7-11(14)13(16)17;/h1-3,5-6,8-13,16-17,25,29H,4,7,14-15H2,(H,28,33);1-8,16H,15H2;1-3,5-6,11H,4,7-9H2,(H,16,17);1H4/t25-;;11-;/m0.0./s1. The maximum Gasteiger partial charge on any atom is 0.326 e. The zero-order chi connectivity index (χ0) is 50.0. The van der Waals surface area contributed by atoms with Crippen molar-refractivity contribution in [2.24, 2.45) is 0 Å². The molecule has 0 unspecified atom stereocenters. The highest BCUT2D eigenvalue weighted by Gasteiger charge is 2.35. The summed E-state index contributed by atoms with van der Waals surface area (Å²) in [5.41, 5.74) is 14.0. The highest BCUT2D eigenvalue weighted by Crippen LogP contribution is 2.30. The molecule has 72 heavy (non-hydrogen) atoms. The van der Waals surface area contributed by atoms with Crippen LogP contribution in [0, 0.1) is 20.2 Å². The number of likely N-dealkylation sites (tertiary alicyclic amines) is 2. The van der Waals surface area contributed by atoms with Crippen LogP contribution in [0.4, 0.5) is 22.7 Å². The second-order valence-corrected chi connectivity index (χ2v) is 17.3. The summed E-state index contributed by atoms with van der Waals surface area (Å²) in [4.78, 5) is 79.3. The number of non-ortho nitro benzene ring substituents is 2. The van der Waals surface area contributed by atoms with Gasteiger partial charge in [0.2, 0.25) is 17.7 Å². The third kappa shape index (κ3) is 12.4. The van der Waals surface area contributed by atoms with Gasteiger partial charge in [-0.3, -0.25) is 34.6 Å². The van der Waals surface area contributed by atoms with Gasteiger partial charge in [0.25, 0.3) is 11.4 Å². The van der Waals surface area contributed by atoms with Crippen molar-refractivity contribution in [3.05, 3.63) is 189 Å². The molecule has 2 saturated heterocycles. The van der Waals surface area contributed by atoms with Gasteiger partial charge in [-0.25, -0.2) is 4.79 Å². The first-order chi connectivity index (χ1) is 34.3. The van der Waals surface area contributed by atoms with Crippen molar-refractivity contribution in [1.29, 1.82) is 0 Å². The molecule has 4 heterocycles. The normalized spacial score (nSPS) is 14.8. The van der Waals surface area contributed by atoms with Crippen LogP contribution >= 0.6 is 0 Å². The molecule has 2 aliphatic heterocycles. The van der Waals surface area contributed by atoms with E-state index in [1.165, 1.54) is 29.2 Å². The number of nitrogens with two attached hydrogens (primary N) is 1. The van der Waals surface area contributed by atoms with Gasteiger partial charge in [0, 0.05) is 70.9 Å². The number of nitro benzene ring substituents is 2. The van der Waals surface area contributed by atoms with Crippen molar-refractivity contribution in [3.63, 3.8) is 0 Å². The van der Waals surface area contributed by atoms with E-state index in [0.29, 0.717) is 42.8 Å². The fourth-order valence-corrected chi connectivity index (χ4v) is 8.79. The molecule has 0 bridgehead atoms. The molecule has 2 fully saturated rings. The zero-order valence-electron chi connectivity index (χ0n) is 38.4. The van der Waals surface area contributed by atoms with Crippen molar-refractivity contribution in [2.45, 2.75) is 58.0 Å². The Kier molecular flexibility index (Phi) is 16.2. The van der Waals surface area contributed by atoms with Crippen LogP contribution in [0.3, 0.4) is 0 Å². The lowest BCUT2D eigenvalue weighted by molar-refractivity contribution is -0.384. The summed E-state index contributed by atoms with van der Waals surface area (Å²) in [6, 6.07) is 46.1. The van der Waals surface area contributed by atoms with Gasteiger partial charge in [0.1, 0.15) is 12.1 Å². The second kappa shape index (κ2) is 23.0. The first-order valence-corrected chi connectivity index (χ1v) is 23.0. The van der Waals surface area contributed by atoms with Crippen molar-refractivity contribution in [2.75, 3.05) is 24.1 Å². The Labute approximate surface area is 414 Å². The molecule has 0 saturated carbocycles. The molecule has 10 rings (SSSR count). The van der Waals surface area contributed by atoms with Gasteiger partial charge in [-0.2, -0.15) is 0 Å². The van der Waals surface area contributed by atoms with Crippen LogP contribution in [0.15, 0.2) is 158 Å². The van der Waals surface area contributed by atoms with Crippen LogP contribution in [-0.2, 0) is 32.0 Å². The highest BCUT2D eigenvalue weighted by atomic mass is 16.6. The van der Waals surface area contributed by atoms with E-state index < -0.39 is 27.9 Å². The molecule has 6 aromatic carbocycles. The van der Waals surface area contributed by atoms with Crippen LogP contribution in [-0.4, -0.2) is 83.6 Å². The third-order valence-electron chi connectivity index (χ3n) is 12.4. The monoisotopic (exact) mass is 970 g/mol. The Morgan fingerprint density at radius 3 is 1.47 bits per heavy atom. The fourth-order valence-electron chi connectivity index (χ4n) is 8.79. The summed E-state index contributed by atoms with van der Waals surface area (Å²) in [6.07, 6.45) is 3.35.